The summed E-state index contributed by atoms with van der Waals surface area (Å²) in [6.07, 6.45) is -1.13. The Kier molecular flexibility index (Phi) is 9.59. The molecule has 1 saturated heterocycles. The predicted octanol–water partition coefficient (Wildman–Crippen LogP) is 2.58. The third kappa shape index (κ3) is 8.62. The molecule has 6 heteroatoms. The van der Waals surface area contributed by atoms with Gasteiger partial charge in [0.25, 0.3) is 0 Å². The van der Waals surface area contributed by atoms with Crippen LogP contribution >= 0.6 is 0 Å². The van der Waals surface area contributed by atoms with Crippen molar-refractivity contribution in [1.29, 1.82) is 0 Å². The van der Waals surface area contributed by atoms with Gasteiger partial charge < -0.3 is 28.8 Å². The Hall–Kier alpha value is -1.80. The number of hydrogen-bond donors (Lipinski definition) is 1. The lowest BCUT2D eigenvalue weighted by Gasteiger charge is -2.24. The van der Waals surface area contributed by atoms with Crippen molar-refractivity contribution in [1.82, 2.24) is 0 Å². The van der Waals surface area contributed by atoms with Crippen LogP contribution in [0.25, 0.3) is 0 Å². The first-order valence-electron chi connectivity index (χ1n) is 10.0. The smallest absolute Gasteiger partial charge is 0.105 e. The molecular formula is C23H30O6. The van der Waals surface area contributed by atoms with Gasteiger partial charge in [-0.2, -0.15) is 0 Å². The third-order valence-corrected chi connectivity index (χ3v) is 4.49. The molecule has 1 heterocycles. The molecule has 0 aliphatic carbocycles. The molecule has 2 aromatic rings. The fourth-order valence-electron chi connectivity index (χ4n) is 2.92. The molecule has 6 nitrogen and oxygen atoms in total. The second-order valence-corrected chi connectivity index (χ2v) is 7.10. The summed E-state index contributed by atoms with van der Waals surface area (Å²) >= 11 is 0. The summed E-state index contributed by atoms with van der Waals surface area (Å²) in [5, 5.41) is 10.0. The number of aliphatic hydroxyl groups excluding tert-OH is 1. The van der Waals surface area contributed by atoms with E-state index in [-0.39, 0.29) is 25.4 Å². The van der Waals surface area contributed by atoms with E-state index in [4.69, 9.17) is 23.7 Å². The number of aliphatic hydroxyl groups is 1. The molecule has 0 bridgehead atoms. The van der Waals surface area contributed by atoms with Crippen LogP contribution in [0.15, 0.2) is 60.7 Å². The number of rotatable bonds is 6. The summed E-state index contributed by atoms with van der Waals surface area (Å²) in [4.78, 5) is 0. The average Bonchev–Trinajstić information content (AvgIpc) is 2.75. The number of ether oxygens (including phenoxy) is 5. The quantitative estimate of drug-likeness (QED) is 0.801. The summed E-state index contributed by atoms with van der Waals surface area (Å²) in [6, 6.07) is 20.0. The van der Waals surface area contributed by atoms with Crippen molar-refractivity contribution in [2.24, 2.45) is 0 Å². The van der Waals surface area contributed by atoms with Crippen molar-refractivity contribution in [2.45, 2.75) is 31.5 Å². The van der Waals surface area contributed by atoms with Gasteiger partial charge in [0.2, 0.25) is 0 Å². The van der Waals surface area contributed by atoms with Gasteiger partial charge in [0.1, 0.15) is 18.3 Å². The van der Waals surface area contributed by atoms with E-state index in [1.165, 1.54) is 0 Å². The molecule has 0 saturated carbocycles. The van der Waals surface area contributed by atoms with E-state index < -0.39 is 6.10 Å². The second-order valence-electron chi connectivity index (χ2n) is 7.10. The van der Waals surface area contributed by atoms with E-state index in [0.717, 1.165) is 11.1 Å². The van der Waals surface area contributed by atoms with E-state index in [1.807, 2.05) is 60.7 Å². The van der Waals surface area contributed by atoms with Gasteiger partial charge >= 0.3 is 0 Å². The molecule has 158 valence electrons. The molecule has 2 aromatic carbocycles. The topological polar surface area (TPSA) is 66.4 Å². The molecular weight excluding hydrogens is 372 g/mol. The predicted molar refractivity (Wildman–Crippen MR) is 109 cm³/mol. The second kappa shape index (κ2) is 12.7. The normalized spacial score (nSPS) is 24.4. The minimum absolute atomic E-state index is 0.195. The van der Waals surface area contributed by atoms with Crippen LogP contribution < -0.4 is 0 Å². The zero-order valence-electron chi connectivity index (χ0n) is 16.7. The van der Waals surface area contributed by atoms with Gasteiger partial charge in [-0.05, 0) is 11.1 Å². The van der Waals surface area contributed by atoms with Gasteiger partial charge in [-0.25, -0.2) is 0 Å². The standard InChI is InChI=1S/C23H30O6/c24-21-13-25-15-22(28-11-19-7-3-1-4-8-19)17-27-18-23(16-26-14-21)29-12-20-9-5-2-6-10-20/h1-10,21-24H,11-18H2. The molecule has 0 amide bonds. The zero-order valence-corrected chi connectivity index (χ0v) is 16.7. The SMILES string of the molecule is OC1COCC(OCc2ccccc2)COCC(OCc2ccccc2)COC1. The Morgan fingerprint density at radius 2 is 1.00 bits per heavy atom. The van der Waals surface area contributed by atoms with Crippen LogP contribution in [0.2, 0.25) is 0 Å². The van der Waals surface area contributed by atoms with Crippen LogP contribution in [-0.2, 0) is 36.9 Å². The van der Waals surface area contributed by atoms with E-state index >= 15 is 0 Å². The lowest BCUT2D eigenvalue weighted by molar-refractivity contribution is -0.125. The summed E-state index contributed by atoms with van der Waals surface area (Å²) in [7, 11) is 0. The molecule has 0 spiro atoms. The van der Waals surface area contributed by atoms with Gasteiger partial charge in [-0.3, -0.25) is 0 Å². The van der Waals surface area contributed by atoms with Gasteiger partial charge in [0.05, 0.1) is 52.9 Å². The first-order valence-corrected chi connectivity index (χ1v) is 10.0. The molecule has 0 aromatic heterocycles. The Bertz CT molecular complexity index is 608. The van der Waals surface area contributed by atoms with Crippen LogP contribution in [0.4, 0.5) is 0 Å². The molecule has 2 unspecified atom stereocenters. The minimum atomic E-state index is -0.681. The third-order valence-electron chi connectivity index (χ3n) is 4.49. The van der Waals surface area contributed by atoms with Crippen LogP contribution in [0.3, 0.4) is 0 Å². The Labute approximate surface area is 172 Å². The van der Waals surface area contributed by atoms with Gasteiger partial charge in [-0.1, -0.05) is 60.7 Å². The minimum Gasteiger partial charge on any atom is -0.388 e. The Morgan fingerprint density at radius 1 is 0.621 bits per heavy atom. The van der Waals surface area contributed by atoms with Gasteiger partial charge in [0, 0.05) is 0 Å². The average molecular weight is 402 g/mol. The van der Waals surface area contributed by atoms with Crippen molar-refractivity contribution in [2.75, 3.05) is 39.6 Å². The van der Waals surface area contributed by atoms with E-state index in [0.29, 0.717) is 39.6 Å². The highest BCUT2D eigenvalue weighted by Crippen LogP contribution is 2.09. The Morgan fingerprint density at radius 3 is 1.41 bits per heavy atom. The molecule has 29 heavy (non-hydrogen) atoms. The fourth-order valence-corrected chi connectivity index (χ4v) is 2.92. The maximum Gasteiger partial charge on any atom is 0.105 e. The van der Waals surface area contributed by atoms with Crippen molar-refractivity contribution < 1.29 is 28.8 Å². The van der Waals surface area contributed by atoms with E-state index in [9.17, 15) is 5.11 Å². The van der Waals surface area contributed by atoms with Crippen LogP contribution in [-0.4, -0.2) is 63.1 Å². The van der Waals surface area contributed by atoms with Crippen molar-refractivity contribution in [3.63, 3.8) is 0 Å². The van der Waals surface area contributed by atoms with Gasteiger partial charge in [0.15, 0.2) is 0 Å². The van der Waals surface area contributed by atoms with Crippen LogP contribution in [0.5, 0.6) is 0 Å². The van der Waals surface area contributed by atoms with Crippen LogP contribution in [0.1, 0.15) is 11.1 Å². The number of hydrogen-bond acceptors (Lipinski definition) is 6. The summed E-state index contributed by atoms with van der Waals surface area (Å²) < 4.78 is 29.0. The first-order chi connectivity index (χ1) is 14.3. The lowest BCUT2D eigenvalue weighted by atomic mass is 10.2. The molecule has 2 atom stereocenters. The zero-order chi connectivity index (χ0) is 20.2. The summed E-state index contributed by atoms with van der Waals surface area (Å²) in [5.41, 5.74) is 2.19. The fraction of sp³-hybridized carbons (Fsp3) is 0.478. The van der Waals surface area contributed by atoms with E-state index in [2.05, 4.69) is 0 Å². The summed E-state index contributed by atoms with van der Waals surface area (Å²) in [6.45, 7) is 2.82. The molecule has 1 fully saturated rings. The highest BCUT2D eigenvalue weighted by atomic mass is 16.6. The lowest BCUT2D eigenvalue weighted by Crippen LogP contribution is -2.34. The van der Waals surface area contributed by atoms with Crippen molar-refractivity contribution in [3.05, 3.63) is 71.8 Å². The first kappa shape index (κ1) is 21.9. The monoisotopic (exact) mass is 402 g/mol. The highest BCUT2D eigenvalue weighted by molar-refractivity contribution is 5.14. The number of benzene rings is 2. The largest absolute Gasteiger partial charge is 0.388 e. The van der Waals surface area contributed by atoms with Crippen molar-refractivity contribution >= 4 is 0 Å². The summed E-state index contributed by atoms with van der Waals surface area (Å²) in [5.74, 6) is 0. The molecule has 1 N–H and O–H groups in total. The highest BCUT2D eigenvalue weighted by Gasteiger charge is 2.18. The molecule has 1 aliphatic rings. The van der Waals surface area contributed by atoms with Crippen LogP contribution in [0, 0.1) is 0 Å². The maximum absolute atomic E-state index is 10.0. The molecule has 3 rings (SSSR count). The Balaban J connectivity index is 1.50. The molecule has 0 radical (unpaired) electrons. The van der Waals surface area contributed by atoms with E-state index in [1.54, 1.807) is 0 Å². The molecule has 1 aliphatic heterocycles. The van der Waals surface area contributed by atoms with Crippen molar-refractivity contribution in [3.8, 4) is 0 Å². The maximum atomic E-state index is 10.0. The van der Waals surface area contributed by atoms with Gasteiger partial charge in [-0.15, -0.1) is 0 Å².